The Morgan fingerprint density at radius 3 is 2.14 bits per heavy atom. The average molecular weight is 419 g/mol. The zero-order valence-electron chi connectivity index (χ0n) is 17.1. The Morgan fingerprint density at radius 1 is 0.931 bits per heavy atom. The van der Waals surface area contributed by atoms with Crippen LogP contribution in [0.25, 0.3) is 0 Å². The standard InChI is InChI=1S/C21H26N2O5S/c1-13-7-10-18(11-8-13)29(26,27)23-16(4)21(25)28-17(5)20(24)22-19-12-14(2)6-9-15(19)3/h6-12,16-17,23H,1-5H3,(H,22,24)/t16-,17+/m0/s1. The zero-order chi connectivity index (χ0) is 21.8. The Kier molecular flexibility index (Phi) is 7.16. The van der Waals surface area contributed by atoms with Crippen LogP contribution in [-0.2, 0) is 24.3 Å². The van der Waals surface area contributed by atoms with Crippen molar-refractivity contribution < 1.29 is 22.7 Å². The van der Waals surface area contributed by atoms with Crippen LogP contribution in [0.3, 0.4) is 0 Å². The molecule has 2 rings (SSSR count). The molecule has 2 N–H and O–H groups in total. The molecule has 0 saturated carbocycles. The second kappa shape index (κ2) is 9.19. The van der Waals surface area contributed by atoms with E-state index in [2.05, 4.69) is 10.0 Å². The fourth-order valence-corrected chi connectivity index (χ4v) is 3.69. The third-order valence-corrected chi connectivity index (χ3v) is 5.89. The van der Waals surface area contributed by atoms with Crippen molar-refractivity contribution >= 4 is 27.6 Å². The molecule has 0 heterocycles. The summed E-state index contributed by atoms with van der Waals surface area (Å²) < 4.78 is 32.2. The van der Waals surface area contributed by atoms with Crippen LogP contribution in [0.1, 0.15) is 30.5 Å². The van der Waals surface area contributed by atoms with Gasteiger partial charge in [0, 0.05) is 5.69 Å². The van der Waals surface area contributed by atoms with Gasteiger partial charge in [0.1, 0.15) is 6.04 Å². The largest absolute Gasteiger partial charge is 0.451 e. The van der Waals surface area contributed by atoms with Crippen LogP contribution in [-0.4, -0.2) is 32.4 Å². The average Bonchev–Trinajstić information content (AvgIpc) is 2.64. The van der Waals surface area contributed by atoms with E-state index < -0.39 is 34.0 Å². The third kappa shape index (κ3) is 6.13. The summed E-state index contributed by atoms with van der Waals surface area (Å²) in [6, 6.07) is 10.7. The van der Waals surface area contributed by atoms with Gasteiger partial charge in [-0.1, -0.05) is 29.8 Å². The first-order valence-corrected chi connectivity index (χ1v) is 10.7. The molecule has 7 nitrogen and oxygen atoms in total. The van der Waals surface area contributed by atoms with Gasteiger partial charge < -0.3 is 10.1 Å². The number of hydrogen-bond acceptors (Lipinski definition) is 5. The van der Waals surface area contributed by atoms with Crippen LogP contribution in [0.4, 0.5) is 5.69 Å². The lowest BCUT2D eigenvalue weighted by molar-refractivity contribution is -0.154. The minimum absolute atomic E-state index is 0.0449. The smallest absolute Gasteiger partial charge is 0.324 e. The quantitative estimate of drug-likeness (QED) is 0.673. The number of benzene rings is 2. The van der Waals surface area contributed by atoms with Crippen molar-refractivity contribution in [2.24, 2.45) is 0 Å². The highest BCUT2D eigenvalue weighted by Gasteiger charge is 2.26. The fourth-order valence-electron chi connectivity index (χ4n) is 2.50. The van der Waals surface area contributed by atoms with Crippen LogP contribution in [0, 0.1) is 20.8 Å². The second-order valence-corrected chi connectivity index (χ2v) is 8.76. The highest BCUT2D eigenvalue weighted by Crippen LogP contribution is 2.17. The molecule has 0 spiro atoms. The van der Waals surface area contributed by atoms with E-state index in [4.69, 9.17) is 4.74 Å². The van der Waals surface area contributed by atoms with Crippen molar-refractivity contribution in [3.63, 3.8) is 0 Å². The minimum atomic E-state index is -3.89. The molecule has 8 heteroatoms. The molecule has 2 aromatic carbocycles. The summed E-state index contributed by atoms with van der Waals surface area (Å²) in [5.41, 5.74) is 3.41. The predicted octanol–water partition coefficient (Wildman–Crippen LogP) is 2.85. The van der Waals surface area contributed by atoms with Crippen molar-refractivity contribution in [1.82, 2.24) is 4.72 Å². The number of amides is 1. The SMILES string of the molecule is Cc1ccc(S(=O)(=O)N[C@@H](C)C(=O)O[C@H](C)C(=O)Nc2cc(C)ccc2C)cc1. The molecule has 0 aromatic heterocycles. The number of anilines is 1. The summed E-state index contributed by atoms with van der Waals surface area (Å²) in [5.74, 6) is -1.34. The third-order valence-electron chi connectivity index (χ3n) is 4.33. The van der Waals surface area contributed by atoms with Gasteiger partial charge in [0.15, 0.2) is 6.10 Å². The van der Waals surface area contributed by atoms with E-state index >= 15 is 0 Å². The van der Waals surface area contributed by atoms with E-state index in [9.17, 15) is 18.0 Å². The van der Waals surface area contributed by atoms with Gasteiger partial charge in [-0.05, 0) is 63.9 Å². The molecule has 0 saturated heterocycles. The lowest BCUT2D eigenvalue weighted by atomic mass is 10.1. The number of sulfonamides is 1. The monoisotopic (exact) mass is 418 g/mol. The number of rotatable bonds is 7. The molecule has 0 aliphatic carbocycles. The van der Waals surface area contributed by atoms with E-state index in [1.54, 1.807) is 12.1 Å². The van der Waals surface area contributed by atoms with E-state index in [1.807, 2.05) is 39.0 Å². The Balaban J connectivity index is 1.98. The predicted molar refractivity (Wildman–Crippen MR) is 111 cm³/mol. The number of carbonyl (C=O) groups excluding carboxylic acids is 2. The first-order valence-electron chi connectivity index (χ1n) is 9.17. The Hall–Kier alpha value is -2.71. The van der Waals surface area contributed by atoms with Gasteiger partial charge in [-0.15, -0.1) is 0 Å². The van der Waals surface area contributed by atoms with Gasteiger partial charge >= 0.3 is 5.97 Å². The Bertz CT molecular complexity index is 1000. The van der Waals surface area contributed by atoms with Crippen molar-refractivity contribution in [3.8, 4) is 0 Å². The van der Waals surface area contributed by atoms with Gasteiger partial charge in [-0.2, -0.15) is 4.72 Å². The van der Waals surface area contributed by atoms with Crippen molar-refractivity contribution in [3.05, 3.63) is 59.2 Å². The zero-order valence-corrected chi connectivity index (χ0v) is 18.0. The van der Waals surface area contributed by atoms with Crippen LogP contribution in [0.2, 0.25) is 0 Å². The summed E-state index contributed by atoms with van der Waals surface area (Å²) >= 11 is 0. The van der Waals surface area contributed by atoms with Crippen LogP contribution >= 0.6 is 0 Å². The molecule has 2 aromatic rings. The number of aryl methyl sites for hydroxylation is 3. The second-order valence-electron chi connectivity index (χ2n) is 7.04. The van der Waals surface area contributed by atoms with Gasteiger partial charge in [0.2, 0.25) is 10.0 Å². The molecule has 2 atom stereocenters. The number of hydrogen-bond donors (Lipinski definition) is 2. The maximum Gasteiger partial charge on any atom is 0.324 e. The van der Waals surface area contributed by atoms with Gasteiger partial charge in [0.25, 0.3) is 5.91 Å². The lowest BCUT2D eigenvalue weighted by Gasteiger charge is -2.18. The number of nitrogens with one attached hydrogen (secondary N) is 2. The van der Waals surface area contributed by atoms with Crippen molar-refractivity contribution in [2.75, 3.05) is 5.32 Å². The first-order chi connectivity index (χ1) is 13.5. The Labute approximate surface area is 171 Å². The molecular weight excluding hydrogens is 392 g/mol. The summed E-state index contributed by atoms with van der Waals surface area (Å²) in [7, 11) is -3.89. The van der Waals surface area contributed by atoms with Gasteiger partial charge in [-0.25, -0.2) is 8.42 Å². The van der Waals surface area contributed by atoms with E-state index in [-0.39, 0.29) is 4.90 Å². The van der Waals surface area contributed by atoms with Gasteiger partial charge in [-0.3, -0.25) is 9.59 Å². The first kappa shape index (κ1) is 22.6. The molecule has 29 heavy (non-hydrogen) atoms. The van der Waals surface area contributed by atoms with E-state index in [1.165, 1.54) is 26.0 Å². The van der Waals surface area contributed by atoms with Crippen LogP contribution in [0.5, 0.6) is 0 Å². The molecule has 156 valence electrons. The molecular formula is C21H26N2O5S. The molecule has 0 radical (unpaired) electrons. The highest BCUT2D eigenvalue weighted by atomic mass is 32.2. The molecule has 0 fully saturated rings. The molecule has 1 amide bonds. The Morgan fingerprint density at radius 2 is 1.52 bits per heavy atom. The molecule has 0 unspecified atom stereocenters. The summed E-state index contributed by atoms with van der Waals surface area (Å²) in [6.45, 7) is 8.39. The van der Waals surface area contributed by atoms with Crippen LogP contribution < -0.4 is 10.0 Å². The van der Waals surface area contributed by atoms with Crippen LogP contribution in [0.15, 0.2) is 47.4 Å². The number of esters is 1. The topological polar surface area (TPSA) is 102 Å². The highest BCUT2D eigenvalue weighted by molar-refractivity contribution is 7.89. The lowest BCUT2D eigenvalue weighted by Crippen LogP contribution is -2.42. The molecule has 0 bridgehead atoms. The molecule has 0 aliphatic rings. The minimum Gasteiger partial charge on any atom is -0.451 e. The maximum absolute atomic E-state index is 12.4. The van der Waals surface area contributed by atoms with E-state index in [0.717, 1.165) is 16.7 Å². The summed E-state index contributed by atoms with van der Waals surface area (Å²) in [5, 5.41) is 2.72. The maximum atomic E-state index is 12.4. The fraction of sp³-hybridized carbons (Fsp3) is 0.333. The normalized spacial score (nSPS) is 13.4. The van der Waals surface area contributed by atoms with Crippen molar-refractivity contribution in [2.45, 2.75) is 51.7 Å². The van der Waals surface area contributed by atoms with Crippen molar-refractivity contribution in [1.29, 1.82) is 0 Å². The number of ether oxygens (including phenoxy) is 1. The molecule has 0 aliphatic heterocycles. The number of carbonyl (C=O) groups is 2. The van der Waals surface area contributed by atoms with E-state index in [0.29, 0.717) is 5.69 Å². The summed E-state index contributed by atoms with van der Waals surface area (Å²) in [4.78, 5) is 24.7. The van der Waals surface area contributed by atoms with Gasteiger partial charge in [0.05, 0.1) is 4.90 Å². The summed E-state index contributed by atoms with van der Waals surface area (Å²) in [6.07, 6.45) is -1.09.